The van der Waals surface area contributed by atoms with Crippen LogP contribution in [0.3, 0.4) is 0 Å². The molecule has 5 heteroatoms. The highest BCUT2D eigenvalue weighted by Crippen LogP contribution is 2.20. The van der Waals surface area contributed by atoms with E-state index in [1.165, 1.54) is 4.90 Å². The van der Waals surface area contributed by atoms with Gasteiger partial charge in [0.2, 0.25) is 5.91 Å². The monoisotopic (exact) mass is 310 g/mol. The quantitative estimate of drug-likeness (QED) is 0.936. The van der Waals surface area contributed by atoms with Gasteiger partial charge in [0.15, 0.2) is 6.10 Å². The molecule has 0 spiro atoms. The third-order valence-corrected chi connectivity index (χ3v) is 3.95. The third-order valence-electron chi connectivity index (χ3n) is 3.95. The van der Waals surface area contributed by atoms with Crippen LogP contribution in [0.1, 0.15) is 11.7 Å². The molecule has 1 N–H and O–H groups in total. The lowest BCUT2D eigenvalue weighted by Gasteiger charge is -2.35. The van der Waals surface area contributed by atoms with Crippen LogP contribution in [0.4, 0.5) is 5.69 Å². The summed E-state index contributed by atoms with van der Waals surface area (Å²) in [6.45, 7) is 0.817. The van der Waals surface area contributed by atoms with Gasteiger partial charge in [0, 0.05) is 18.8 Å². The average Bonchev–Trinajstić information content (AvgIpc) is 2.62. The van der Waals surface area contributed by atoms with Gasteiger partial charge < -0.3 is 14.9 Å². The van der Waals surface area contributed by atoms with Gasteiger partial charge in [-0.2, -0.15) is 0 Å². The minimum absolute atomic E-state index is 0.0162. The highest BCUT2D eigenvalue weighted by atomic mass is 16.3. The molecule has 1 aliphatic rings. The zero-order valence-corrected chi connectivity index (χ0v) is 12.6. The van der Waals surface area contributed by atoms with E-state index in [4.69, 9.17) is 0 Å². The summed E-state index contributed by atoms with van der Waals surface area (Å²) < 4.78 is 0. The van der Waals surface area contributed by atoms with Crippen LogP contribution in [0.2, 0.25) is 0 Å². The number of nitrogens with zero attached hydrogens (tertiary/aromatic N) is 2. The lowest BCUT2D eigenvalue weighted by atomic mass is 10.1. The molecule has 2 aromatic rings. The molecule has 1 aliphatic heterocycles. The number of benzene rings is 2. The molecule has 1 saturated heterocycles. The van der Waals surface area contributed by atoms with Gasteiger partial charge in [0.25, 0.3) is 5.91 Å². The average molecular weight is 310 g/mol. The fourth-order valence-corrected chi connectivity index (χ4v) is 2.69. The van der Waals surface area contributed by atoms with Crippen molar-refractivity contribution in [1.29, 1.82) is 0 Å². The lowest BCUT2D eigenvalue weighted by Crippen LogP contribution is -2.53. The molecular weight excluding hydrogens is 292 g/mol. The van der Waals surface area contributed by atoms with Crippen LogP contribution >= 0.6 is 0 Å². The largest absolute Gasteiger partial charge is 0.378 e. The maximum atomic E-state index is 12.4. The summed E-state index contributed by atoms with van der Waals surface area (Å²) in [5, 5.41) is 10.2. The van der Waals surface area contributed by atoms with Crippen molar-refractivity contribution in [2.75, 3.05) is 24.5 Å². The Bertz CT molecular complexity index is 688. The number of hydrogen-bond donors (Lipinski definition) is 1. The highest BCUT2D eigenvalue weighted by molar-refractivity contribution is 5.98. The van der Waals surface area contributed by atoms with Gasteiger partial charge in [0.1, 0.15) is 6.54 Å². The second kappa shape index (κ2) is 6.62. The zero-order chi connectivity index (χ0) is 16.2. The fraction of sp³-hybridized carbons (Fsp3) is 0.222. The SMILES string of the molecule is O=C(C(O)c1ccccc1)N1CCN(c2ccccc2)C(=O)C1. The number of piperazine rings is 1. The number of aliphatic hydroxyl groups is 1. The molecule has 0 radical (unpaired) electrons. The fourth-order valence-electron chi connectivity index (χ4n) is 2.69. The van der Waals surface area contributed by atoms with E-state index in [0.29, 0.717) is 18.7 Å². The molecule has 23 heavy (non-hydrogen) atoms. The van der Waals surface area contributed by atoms with Crippen molar-refractivity contribution in [3.63, 3.8) is 0 Å². The Morgan fingerprint density at radius 1 is 0.957 bits per heavy atom. The normalized spacial score (nSPS) is 16.3. The van der Waals surface area contributed by atoms with E-state index >= 15 is 0 Å². The van der Waals surface area contributed by atoms with Crippen molar-refractivity contribution >= 4 is 17.5 Å². The minimum atomic E-state index is -1.23. The first-order chi connectivity index (χ1) is 11.2. The Labute approximate surface area is 134 Å². The van der Waals surface area contributed by atoms with E-state index in [1.807, 2.05) is 36.4 Å². The van der Waals surface area contributed by atoms with E-state index in [0.717, 1.165) is 5.69 Å². The van der Waals surface area contributed by atoms with Crippen LogP contribution in [0.25, 0.3) is 0 Å². The smallest absolute Gasteiger partial charge is 0.256 e. The van der Waals surface area contributed by atoms with Gasteiger partial charge in [0.05, 0.1) is 0 Å². The molecule has 0 aromatic heterocycles. The Balaban J connectivity index is 1.68. The van der Waals surface area contributed by atoms with Crippen molar-refractivity contribution < 1.29 is 14.7 Å². The number of rotatable bonds is 3. The van der Waals surface area contributed by atoms with Gasteiger partial charge in [-0.25, -0.2) is 0 Å². The van der Waals surface area contributed by atoms with Crippen LogP contribution < -0.4 is 4.90 Å². The third kappa shape index (κ3) is 3.24. The first kappa shape index (κ1) is 15.2. The summed E-state index contributed by atoms with van der Waals surface area (Å²) in [5.41, 5.74) is 1.36. The Hall–Kier alpha value is -2.66. The predicted octanol–water partition coefficient (Wildman–Crippen LogP) is 1.60. The van der Waals surface area contributed by atoms with Crippen molar-refractivity contribution in [3.05, 3.63) is 66.2 Å². The van der Waals surface area contributed by atoms with Crippen molar-refractivity contribution in [2.24, 2.45) is 0 Å². The Kier molecular flexibility index (Phi) is 4.39. The molecule has 1 heterocycles. The van der Waals surface area contributed by atoms with Gasteiger partial charge in [-0.3, -0.25) is 9.59 Å². The van der Waals surface area contributed by atoms with Crippen molar-refractivity contribution in [1.82, 2.24) is 4.90 Å². The van der Waals surface area contributed by atoms with E-state index in [1.54, 1.807) is 29.2 Å². The summed E-state index contributed by atoms with van der Waals surface area (Å²) in [5.74, 6) is -0.576. The first-order valence-corrected chi connectivity index (χ1v) is 7.54. The molecule has 3 rings (SSSR count). The number of carbonyl (C=O) groups excluding carboxylic acids is 2. The highest BCUT2D eigenvalue weighted by Gasteiger charge is 2.31. The molecule has 1 unspecified atom stereocenters. The number of carbonyl (C=O) groups is 2. The van der Waals surface area contributed by atoms with Crippen LogP contribution in [0.5, 0.6) is 0 Å². The summed E-state index contributed by atoms with van der Waals surface area (Å²) in [6.07, 6.45) is -1.23. The second-order valence-corrected chi connectivity index (χ2v) is 5.45. The van der Waals surface area contributed by atoms with Crippen LogP contribution in [0, 0.1) is 0 Å². The van der Waals surface area contributed by atoms with Crippen LogP contribution in [-0.4, -0.2) is 41.5 Å². The lowest BCUT2D eigenvalue weighted by molar-refractivity contribution is -0.144. The Morgan fingerprint density at radius 3 is 2.17 bits per heavy atom. The summed E-state index contributed by atoms with van der Waals surface area (Å²) >= 11 is 0. The summed E-state index contributed by atoms with van der Waals surface area (Å²) in [6, 6.07) is 18.1. The zero-order valence-electron chi connectivity index (χ0n) is 12.6. The number of aliphatic hydroxyl groups excluding tert-OH is 1. The van der Waals surface area contributed by atoms with Gasteiger partial charge in [-0.15, -0.1) is 0 Å². The molecule has 1 fully saturated rings. The van der Waals surface area contributed by atoms with E-state index in [-0.39, 0.29) is 12.5 Å². The molecular formula is C18H18N2O3. The minimum Gasteiger partial charge on any atom is -0.378 e. The maximum absolute atomic E-state index is 12.4. The number of amides is 2. The van der Waals surface area contributed by atoms with Gasteiger partial charge in [-0.05, 0) is 17.7 Å². The van der Waals surface area contributed by atoms with E-state index in [2.05, 4.69) is 0 Å². The number of hydrogen-bond acceptors (Lipinski definition) is 3. The van der Waals surface area contributed by atoms with Crippen LogP contribution in [-0.2, 0) is 9.59 Å². The van der Waals surface area contributed by atoms with Crippen molar-refractivity contribution in [2.45, 2.75) is 6.10 Å². The van der Waals surface area contributed by atoms with E-state index in [9.17, 15) is 14.7 Å². The van der Waals surface area contributed by atoms with Crippen molar-refractivity contribution in [3.8, 4) is 0 Å². The molecule has 5 nitrogen and oxygen atoms in total. The molecule has 2 amide bonds. The Morgan fingerprint density at radius 2 is 1.57 bits per heavy atom. The molecule has 2 aromatic carbocycles. The summed E-state index contributed by atoms with van der Waals surface area (Å²) in [4.78, 5) is 27.8. The molecule has 1 atom stereocenters. The molecule has 0 aliphatic carbocycles. The topological polar surface area (TPSA) is 60.9 Å². The first-order valence-electron chi connectivity index (χ1n) is 7.54. The second-order valence-electron chi connectivity index (χ2n) is 5.45. The molecule has 0 saturated carbocycles. The predicted molar refractivity (Wildman–Crippen MR) is 86.8 cm³/mol. The number of para-hydroxylation sites is 1. The van der Waals surface area contributed by atoms with E-state index < -0.39 is 12.0 Å². The summed E-state index contributed by atoms with van der Waals surface area (Å²) in [7, 11) is 0. The standard InChI is InChI=1S/C18H18N2O3/c21-16-13-19(11-12-20(16)15-9-5-2-6-10-15)18(23)17(22)14-7-3-1-4-8-14/h1-10,17,22H,11-13H2. The van der Waals surface area contributed by atoms with Crippen LogP contribution in [0.15, 0.2) is 60.7 Å². The molecule has 118 valence electrons. The number of anilines is 1. The van der Waals surface area contributed by atoms with Gasteiger partial charge in [-0.1, -0.05) is 48.5 Å². The molecule has 0 bridgehead atoms. The maximum Gasteiger partial charge on any atom is 0.256 e. The van der Waals surface area contributed by atoms with Gasteiger partial charge >= 0.3 is 0 Å².